The van der Waals surface area contributed by atoms with Crippen molar-refractivity contribution in [2.45, 2.75) is 12.8 Å². The Morgan fingerprint density at radius 1 is 0.962 bits per heavy atom. The molecule has 0 atom stereocenters. The minimum absolute atomic E-state index is 0.0292. The van der Waals surface area contributed by atoms with E-state index in [9.17, 15) is 14.4 Å². The summed E-state index contributed by atoms with van der Waals surface area (Å²) in [5.74, 6) is -0.232. The maximum atomic E-state index is 12.1. The number of amides is 3. The minimum Gasteiger partial charge on any atom is -0.444 e. The summed E-state index contributed by atoms with van der Waals surface area (Å²) in [7, 11) is 0. The van der Waals surface area contributed by atoms with Gasteiger partial charge < -0.3 is 20.4 Å². The zero-order valence-electron chi connectivity index (χ0n) is 13.9. The summed E-state index contributed by atoms with van der Waals surface area (Å²) in [6, 6.07) is 9.89. The number of benzene rings is 1. The molecule has 8 heteroatoms. The van der Waals surface area contributed by atoms with Crippen LogP contribution in [0.4, 0.5) is 5.69 Å². The molecule has 1 aliphatic carbocycles. The molecule has 0 radical (unpaired) electrons. The van der Waals surface area contributed by atoms with E-state index in [4.69, 9.17) is 4.42 Å². The Hall–Kier alpha value is -2.61. The van der Waals surface area contributed by atoms with Crippen molar-refractivity contribution in [2.75, 3.05) is 18.4 Å². The van der Waals surface area contributed by atoms with Crippen molar-refractivity contribution in [2.24, 2.45) is 5.92 Å². The number of rotatable bonds is 7. The van der Waals surface area contributed by atoms with E-state index in [1.807, 2.05) is 0 Å². The van der Waals surface area contributed by atoms with Gasteiger partial charge in [0.05, 0.1) is 0 Å². The third-order valence-corrected chi connectivity index (χ3v) is 4.28. The molecular formula is C18H18BrN3O4. The number of hydrogen-bond donors (Lipinski definition) is 3. The standard InChI is InChI=1S/C18H18BrN3O4/c19-15-8-7-14(26-15)18(25)21-10-9-20-16(23)11-3-5-13(6-4-11)22-17(24)12-1-2-12/h3-8,12H,1-2,9-10H2,(H,20,23)(H,21,25)(H,22,24). The molecule has 0 aliphatic heterocycles. The Labute approximate surface area is 158 Å². The largest absolute Gasteiger partial charge is 0.444 e. The van der Waals surface area contributed by atoms with Crippen molar-refractivity contribution in [3.63, 3.8) is 0 Å². The van der Waals surface area contributed by atoms with Crippen molar-refractivity contribution < 1.29 is 18.8 Å². The third kappa shape index (κ3) is 4.95. The SMILES string of the molecule is O=C(NCCNC(=O)c1ccc(Br)o1)c1ccc(NC(=O)C2CC2)cc1. The Morgan fingerprint density at radius 2 is 1.62 bits per heavy atom. The van der Waals surface area contributed by atoms with E-state index < -0.39 is 0 Å². The van der Waals surface area contributed by atoms with Gasteiger partial charge in [0.2, 0.25) is 5.91 Å². The van der Waals surface area contributed by atoms with Gasteiger partial charge in [0, 0.05) is 30.3 Å². The second kappa shape index (κ2) is 8.18. The van der Waals surface area contributed by atoms with Crippen LogP contribution < -0.4 is 16.0 Å². The van der Waals surface area contributed by atoms with E-state index in [1.54, 1.807) is 36.4 Å². The average Bonchev–Trinajstić information content (AvgIpc) is 3.40. The smallest absolute Gasteiger partial charge is 0.287 e. The number of carbonyl (C=O) groups is 3. The zero-order chi connectivity index (χ0) is 18.5. The normalized spacial score (nSPS) is 13.1. The Kier molecular flexibility index (Phi) is 5.72. The molecule has 1 fully saturated rings. The van der Waals surface area contributed by atoms with Gasteiger partial charge in [0.1, 0.15) is 0 Å². The molecule has 0 spiro atoms. The summed E-state index contributed by atoms with van der Waals surface area (Å²) in [4.78, 5) is 35.5. The van der Waals surface area contributed by atoms with Crippen LogP contribution in [0.3, 0.4) is 0 Å². The summed E-state index contributed by atoms with van der Waals surface area (Å²) < 4.78 is 5.62. The van der Waals surface area contributed by atoms with Crippen LogP contribution in [-0.4, -0.2) is 30.8 Å². The summed E-state index contributed by atoms with van der Waals surface area (Å²) >= 11 is 3.13. The quantitative estimate of drug-likeness (QED) is 0.600. The van der Waals surface area contributed by atoms with Gasteiger partial charge in [-0.1, -0.05) is 0 Å². The molecule has 0 unspecified atom stereocenters. The van der Waals surface area contributed by atoms with Gasteiger partial charge in [-0.2, -0.15) is 0 Å². The fourth-order valence-electron chi connectivity index (χ4n) is 2.27. The minimum atomic E-state index is -0.347. The van der Waals surface area contributed by atoms with Gasteiger partial charge in [-0.25, -0.2) is 0 Å². The first-order valence-corrected chi connectivity index (χ1v) is 9.05. The lowest BCUT2D eigenvalue weighted by molar-refractivity contribution is -0.117. The molecule has 1 saturated carbocycles. The first kappa shape index (κ1) is 18.2. The van der Waals surface area contributed by atoms with Gasteiger partial charge >= 0.3 is 0 Å². The first-order valence-electron chi connectivity index (χ1n) is 8.25. The van der Waals surface area contributed by atoms with Crippen LogP contribution in [0.2, 0.25) is 0 Å². The van der Waals surface area contributed by atoms with Crippen LogP contribution in [0.25, 0.3) is 0 Å². The van der Waals surface area contributed by atoms with Crippen LogP contribution in [0.1, 0.15) is 33.8 Å². The lowest BCUT2D eigenvalue weighted by atomic mass is 10.2. The summed E-state index contributed by atoms with van der Waals surface area (Å²) in [6.07, 6.45) is 1.89. The monoisotopic (exact) mass is 419 g/mol. The van der Waals surface area contributed by atoms with Crippen LogP contribution in [0.5, 0.6) is 0 Å². The molecule has 1 heterocycles. The predicted molar refractivity (Wildman–Crippen MR) is 98.9 cm³/mol. The first-order chi connectivity index (χ1) is 12.5. The highest BCUT2D eigenvalue weighted by Gasteiger charge is 2.29. The highest BCUT2D eigenvalue weighted by atomic mass is 79.9. The molecule has 3 rings (SSSR count). The Bertz CT molecular complexity index is 812. The van der Waals surface area contributed by atoms with E-state index in [1.165, 1.54) is 0 Å². The highest BCUT2D eigenvalue weighted by molar-refractivity contribution is 9.10. The Balaban J connectivity index is 1.40. The maximum absolute atomic E-state index is 12.1. The van der Waals surface area contributed by atoms with Crippen molar-refractivity contribution in [1.29, 1.82) is 0 Å². The van der Waals surface area contributed by atoms with Gasteiger partial charge in [0.15, 0.2) is 10.4 Å². The molecule has 7 nitrogen and oxygen atoms in total. The topological polar surface area (TPSA) is 100 Å². The molecule has 3 N–H and O–H groups in total. The molecule has 1 aromatic carbocycles. The van der Waals surface area contributed by atoms with Gasteiger partial charge in [-0.05, 0) is 65.2 Å². The van der Waals surface area contributed by atoms with Crippen LogP contribution in [0.15, 0.2) is 45.5 Å². The van der Waals surface area contributed by atoms with E-state index >= 15 is 0 Å². The number of halogens is 1. The van der Waals surface area contributed by atoms with Gasteiger partial charge in [-0.3, -0.25) is 14.4 Å². The number of hydrogen-bond acceptors (Lipinski definition) is 4. The van der Waals surface area contributed by atoms with Crippen molar-refractivity contribution in [3.8, 4) is 0 Å². The van der Waals surface area contributed by atoms with Crippen molar-refractivity contribution in [3.05, 3.63) is 52.4 Å². The molecular weight excluding hydrogens is 402 g/mol. The fraction of sp³-hybridized carbons (Fsp3) is 0.278. The number of carbonyl (C=O) groups excluding carboxylic acids is 3. The van der Waals surface area contributed by atoms with Gasteiger partial charge in [-0.15, -0.1) is 0 Å². The lowest BCUT2D eigenvalue weighted by Crippen LogP contribution is -2.34. The predicted octanol–water partition coefficient (Wildman–Crippen LogP) is 2.55. The molecule has 0 saturated heterocycles. The molecule has 2 aromatic rings. The van der Waals surface area contributed by atoms with E-state index in [0.29, 0.717) is 15.9 Å². The molecule has 3 amide bonds. The summed E-state index contributed by atoms with van der Waals surface area (Å²) in [6.45, 7) is 0.561. The van der Waals surface area contributed by atoms with E-state index in [-0.39, 0.29) is 42.5 Å². The molecule has 26 heavy (non-hydrogen) atoms. The van der Waals surface area contributed by atoms with E-state index in [0.717, 1.165) is 12.8 Å². The van der Waals surface area contributed by atoms with Crippen LogP contribution in [0, 0.1) is 5.92 Å². The zero-order valence-corrected chi connectivity index (χ0v) is 15.5. The van der Waals surface area contributed by atoms with Crippen molar-refractivity contribution >= 4 is 39.3 Å². The van der Waals surface area contributed by atoms with E-state index in [2.05, 4.69) is 31.9 Å². The molecule has 1 aliphatic rings. The number of furan rings is 1. The molecule has 0 bridgehead atoms. The second-order valence-electron chi connectivity index (χ2n) is 5.96. The number of anilines is 1. The Morgan fingerprint density at radius 3 is 2.19 bits per heavy atom. The van der Waals surface area contributed by atoms with Crippen LogP contribution in [-0.2, 0) is 4.79 Å². The van der Waals surface area contributed by atoms with Crippen molar-refractivity contribution in [1.82, 2.24) is 10.6 Å². The average molecular weight is 420 g/mol. The third-order valence-electron chi connectivity index (χ3n) is 3.86. The summed E-state index contributed by atoms with van der Waals surface area (Å²) in [5.41, 5.74) is 1.16. The van der Waals surface area contributed by atoms with Gasteiger partial charge in [0.25, 0.3) is 11.8 Å². The summed E-state index contributed by atoms with van der Waals surface area (Å²) in [5, 5.41) is 8.19. The highest BCUT2D eigenvalue weighted by Crippen LogP contribution is 2.30. The maximum Gasteiger partial charge on any atom is 0.287 e. The number of nitrogens with one attached hydrogen (secondary N) is 3. The fourth-order valence-corrected chi connectivity index (χ4v) is 2.58. The van der Waals surface area contributed by atoms with Crippen LogP contribution >= 0.6 is 15.9 Å². The molecule has 136 valence electrons. The second-order valence-corrected chi connectivity index (χ2v) is 6.74. The lowest BCUT2D eigenvalue weighted by Gasteiger charge is -2.08. The molecule has 1 aromatic heterocycles.